The molecular formula is C11H12BrNO4. The number of carbonyl (C=O) groups is 2. The Morgan fingerprint density at radius 1 is 1.47 bits per heavy atom. The predicted octanol–water partition coefficient (Wildman–Crippen LogP) is 1.72. The van der Waals surface area contributed by atoms with Gasteiger partial charge in [0.1, 0.15) is 5.75 Å². The van der Waals surface area contributed by atoms with E-state index in [4.69, 9.17) is 9.84 Å². The first kappa shape index (κ1) is 13.5. The van der Waals surface area contributed by atoms with Gasteiger partial charge in [0.05, 0.1) is 7.11 Å². The standard InChI is InChI=1S/C11H12BrNO4/c1-6(14)13-10(11(15)16)8-5-7(17-2)3-4-9(8)12/h3-5,10H,1-2H3,(H,13,14)(H,15,16). The molecule has 92 valence electrons. The molecule has 0 saturated carbocycles. The zero-order chi connectivity index (χ0) is 13.0. The molecule has 0 bridgehead atoms. The van der Waals surface area contributed by atoms with Crippen molar-refractivity contribution in [3.63, 3.8) is 0 Å². The highest BCUT2D eigenvalue weighted by molar-refractivity contribution is 9.10. The summed E-state index contributed by atoms with van der Waals surface area (Å²) < 4.78 is 5.61. The van der Waals surface area contributed by atoms with Gasteiger partial charge in [-0.1, -0.05) is 15.9 Å². The Kier molecular flexibility index (Phi) is 4.51. The molecule has 1 rings (SSSR count). The molecule has 0 saturated heterocycles. The summed E-state index contributed by atoms with van der Waals surface area (Å²) in [5.74, 6) is -1.01. The van der Waals surface area contributed by atoms with Crippen LogP contribution in [0.3, 0.4) is 0 Å². The molecule has 1 unspecified atom stereocenters. The van der Waals surface area contributed by atoms with Crippen molar-refractivity contribution in [2.75, 3.05) is 7.11 Å². The molecule has 1 aromatic carbocycles. The van der Waals surface area contributed by atoms with Crippen molar-refractivity contribution in [1.82, 2.24) is 5.32 Å². The van der Waals surface area contributed by atoms with E-state index < -0.39 is 17.9 Å². The van der Waals surface area contributed by atoms with E-state index in [0.717, 1.165) is 0 Å². The molecule has 0 aliphatic rings. The Hall–Kier alpha value is -1.56. The van der Waals surface area contributed by atoms with Crippen LogP contribution in [-0.4, -0.2) is 24.1 Å². The first-order valence-electron chi connectivity index (χ1n) is 4.79. The van der Waals surface area contributed by atoms with E-state index in [0.29, 0.717) is 15.8 Å². The first-order valence-corrected chi connectivity index (χ1v) is 5.58. The maximum absolute atomic E-state index is 11.1. The third-order valence-electron chi connectivity index (χ3n) is 2.11. The van der Waals surface area contributed by atoms with E-state index in [-0.39, 0.29) is 0 Å². The van der Waals surface area contributed by atoms with Crippen LogP contribution in [0.1, 0.15) is 18.5 Å². The summed E-state index contributed by atoms with van der Waals surface area (Å²) in [7, 11) is 1.49. The fraction of sp³-hybridized carbons (Fsp3) is 0.273. The van der Waals surface area contributed by atoms with Crippen LogP contribution in [0.25, 0.3) is 0 Å². The van der Waals surface area contributed by atoms with Crippen molar-refractivity contribution in [2.24, 2.45) is 0 Å². The summed E-state index contributed by atoms with van der Waals surface area (Å²) >= 11 is 3.25. The number of hydrogen-bond donors (Lipinski definition) is 2. The quantitative estimate of drug-likeness (QED) is 0.888. The molecule has 5 nitrogen and oxygen atoms in total. The smallest absolute Gasteiger partial charge is 0.330 e. The van der Waals surface area contributed by atoms with E-state index in [1.54, 1.807) is 18.2 Å². The lowest BCUT2D eigenvalue weighted by Crippen LogP contribution is -2.32. The topological polar surface area (TPSA) is 75.6 Å². The number of methoxy groups -OCH3 is 1. The van der Waals surface area contributed by atoms with Gasteiger partial charge in [-0.2, -0.15) is 0 Å². The highest BCUT2D eigenvalue weighted by Crippen LogP contribution is 2.28. The van der Waals surface area contributed by atoms with Crippen molar-refractivity contribution >= 4 is 27.8 Å². The summed E-state index contributed by atoms with van der Waals surface area (Å²) in [4.78, 5) is 22.1. The van der Waals surface area contributed by atoms with Crippen LogP contribution in [0.2, 0.25) is 0 Å². The van der Waals surface area contributed by atoms with Crippen LogP contribution >= 0.6 is 15.9 Å². The number of halogens is 1. The summed E-state index contributed by atoms with van der Waals surface area (Å²) in [6.07, 6.45) is 0. The summed E-state index contributed by atoms with van der Waals surface area (Å²) in [6, 6.07) is 3.84. The summed E-state index contributed by atoms with van der Waals surface area (Å²) in [5, 5.41) is 11.5. The minimum absolute atomic E-state index is 0.410. The molecule has 0 heterocycles. The number of nitrogens with one attached hydrogen (secondary N) is 1. The van der Waals surface area contributed by atoms with E-state index in [9.17, 15) is 9.59 Å². The van der Waals surface area contributed by atoms with Crippen LogP contribution in [0, 0.1) is 0 Å². The van der Waals surface area contributed by atoms with Crippen LogP contribution < -0.4 is 10.1 Å². The molecule has 6 heteroatoms. The number of carbonyl (C=O) groups excluding carboxylic acids is 1. The number of aliphatic carboxylic acids is 1. The normalized spacial score (nSPS) is 11.7. The molecule has 0 spiro atoms. The lowest BCUT2D eigenvalue weighted by atomic mass is 10.1. The predicted molar refractivity (Wildman–Crippen MR) is 64.9 cm³/mol. The van der Waals surface area contributed by atoms with Gasteiger partial charge in [-0.15, -0.1) is 0 Å². The van der Waals surface area contributed by atoms with E-state index in [1.807, 2.05) is 0 Å². The van der Waals surface area contributed by atoms with Gasteiger partial charge in [0.25, 0.3) is 0 Å². The van der Waals surface area contributed by atoms with Gasteiger partial charge < -0.3 is 15.2 Å². The SMILES string of the molecule is COc1ccc(Br)c(C(NC(C)=O)C(=O)O)c1. The Morgan fingerprint density at radius 2 is 2.12 bits per heavy atom. The van der Waals surface area contributed by atoms with Gasteiger partial charge in [0.15, 0.2) is 6.04 Å². The zero-order valence-electron chi connectivity index (χ0n) is 9.36. The second-order valence-corrected chi connectivity index (χ2v) is 4.21. The minimum Gasteiger partial charge on any atom is -0.497 e. The Morgan fingerprint density at radius 3 is 2.59 bits per heavy atom. The van der Waals surface area contributed by atoms with Crippen molar-refractivity contribution in [3.8, 4) is 5.75 Å². The molecule has 1 aromatic rings. The number of ether oxygens (including phenoxy) is 1. The summed E-state index contributed by atoms with van der Waals surface area (Å²) in [6.45, 7) is 1.27. The average molecular weight is 302 g/mol. The average Bonchev–Trinajstić information content (AvgIpc) is 2.26. The number of carboxylic acids is 1. The lowest BCUT2D eigenvalue weighted by molar-refractivity contribution is -0.141. The van der Waals surface area contributed by atoms with Gasteiger partial charge in [0, 0.05) is 17.0 Å². The van der Waals surface area contributed by atoms with Gasteiger partial charge in [-0.05, 0) is 18.2 Å². The molecule has 17 heavy (non-hydrogen) atoms. The van der Waals surface area contributed by atoms with Crippen LogP contribution in [0.15, 0.2) is 22.7 Å². The largest absolute Gasteiger partial charge is 0.497 e. The van der Waals surface area contributed by atoms with E-state index in [1.165, 1.54) is 14.0 Å². The summed E-state index contributed by atoms with van der Waals surface area (Å²) in [5.41, 5.74) is 0.437. The molecule has 1 atom stereocenters. The zero-order valence-corrected chi connectivity index (χ0v) is 10.9. The minimum atomic E-state index is -1.13. The Balaban J connectivity index is 3.16. The molecule has 0 aromatic heterocycles. The number of rotatable bonds is 4. The van der Waals surface area contributed by atoms with Crippen molar-refractivity contribution in [2.45, 2.75) is 13.0 Å². The van der Waals surface area contributed by atoms with E-state index >= 15 is 0 Å². The maximum Gasteiger partial charge on any atom is 0.330 e. The number of benzene rings is 1. The molecule has 0 radical (unpaired) electrons. The van der Waals surface area contributed by atoms with E-state index in [2.05, 4.69) is 21.2 Å². The fourth-order valence-electron chi connectivity index (χ4n) is 1.35. The van der Waals surface area contributed by atoms with Crippen LogP contribution in [0.5, 0.6) is 5.75 Å². The van der Waals surface area contributed by atoms with Gasteiger partial charge in [-0.3, -0.25) is 4.79 Å². The Labute approximate surface area is 107 Å². The molecule has 0 aliphatic carbocycles. The molecular weight excluding hydrogens is 290 g/mol. The van der Waals surface area contributed by atoms with Crippen molar-refractivity contribution < 1.29 is 19.4 Å². The van der Waals surface area contributed by atoms with Crippen LogP contribution in [-0.2, 0) is 9.59 Å². The highest BCUT2D eigenvalue weighted by atomic mass is 79.9. The van der Waals surface area contributed by atoms with Crippen LogP contribution in [0.4, 0.5) is 0 Å². The van der Waals surface area contributed by atoms with Gasteiger partial charge >= 0.3 is 5.97 Å². The Bertz CT molecular complexity index is 447. The molecule has 0 aliphatic heterocycles. The second-order valence-electron chi connectivity index (χ2n) is 3.36. The number of carboxylic acid groups (broad SMARTS) is 1. The van der Waals surface area contributed by atoms with Crippen molar-refractivity contribution in [1.29, 1.82) is 0 Å². The second kappa shape index (κ2) is 5.67. The molecule has 1 amide bonds. The van der Waals surface area contributed by atoms with Gasteiger partial charge in [-0.25, -0.2) is 4.79 Å². The highest BCUT2D eigenvalue weighted by Gasteiger charge is 2.23. The lowest BCUT2D eigenvalue weighted by Gasteiger charge is -2.16. The fourth-order valence-corrected chi connectivity index (χ4v) is 1.82. The number of amides is 1. The third-order valence-corrected chi connectivity index (χ3v) is 2.83. The first-order chi connectivity index (χ1) is 7.95. The van der Waals surface area contributed by atoms with Gasteiger partial charge in [0.2, 0.25) is 5.91 Å². The molecule has 2 N–H and O–H groups in total. The third kappa shape index (κ3) is 3.45. The monoisotopic (exact) mass is 301 g/mol. The van der Waals surface area contributed by atoms with Crippen molar-refractivity contribution in [3.05, 3.63) is 28.2 Å². The maximum atomic E-state index is 11.1. The number of hydrogen-bond acceptors (Lipinski definition) is 3. The molecule has 0 fully saturated rings.